The molecule has 0 radical (unpaired) electrons. The van der Waals surface area contributed by atoms with E-state index in [1.54, 1.807) is 60.7 Å². The lowest BCUT2D eigenvalue weighted by Crippen LogP contribution is -2.42. The maximum absolute atomic E-state index is 13.0. The highest BCUT2D eigenvalue weighted by Crippen LogP contribution is 2.43. The number of aliphatic hydroxyl groups is 1. The molecule has 52 heavy (non-hydrogen) atoms. The number of aromatic nitrogens is 2. The van der Waals surface area contributed by atoms with Gasteiger partial charge in [-0.2, -0.15) is 26.3 Å². The Morgan fingerprint density at radius 3 is 1.85 bits per heavy atom. The van der Waals surface area contributed by atoms with Gasteiger partial charge in [0.05, 0.1) is 27.4 Å². The summed E-state index contributed by atoms with van der Waals surface area (Å²) in [6, 6.07) is 24.1. The Morgan fingerprint density at radius 2 is 1.35 bits per heavy atom. The number of ether oxygens (including phenoxy) is 6. The van der Waals surface area contributed by atoms with Gasteiger partial charge in [-0.25, -0.2) is 4.79 Å². The van der Waals surface area contributed by atoms with Crippen LogP contribution in [0.2, 0.25) is 0 Å². The third kappa shape index (κ3) is 8.34. The maximum atomic E-state index is 13.0. The Morgan fingerprint density at radius 1 is 0.808 bits per heavy atom. The number of methoxy groups -OCH3 is 2. The predicted molar refractivity (Wildman–Crippen MR) is 171 cm³/mol. The second kappa shape index (κ2) is 15.9. The van der Waals surface area contributed by atoms with Gasteiger partial charge in [-0.1, -0.05) is 54.6 Å². The van der Waals surface area contributed by atoms with Gasteiger partial charge in [0, 0.05) is 12.3 Å². The molecule has 4 aromatic rings. The van der Waals surface area contributed by atoms with Crippen LogP contribution in [0.4, 0.5) is 26.3 Å². The average Bonchev–Trinajstić information content (AvgIpc) is 3.42. The third-order valence-corrected chi connectivity index (χ3v) is 8.49. The highest BCUT2D eigenvalue weighted by Gasteiger charge is 2.57. The van der Waals surface area contributed by atoms with E-state index in [2.05, 4.69) is 4.74 Å². The fourth-order valence-corrected chi connectivity index (χ4v) is 5.84. The van der Waals surface area contributed by atoms with Crippen molar-refractivity contribution in [3.8, 4) is 11.5 Å². The van der Waals surface area contributed by atoms with Crippen molar-refractivity contribution in [3.63, 3.8) is 0 Å². The molecular formula is C35H34F6N2O9. The van der Waals surface area contributed by atoms with Crippen LogP contribution in [0, 0.1) is 5.92 Å². The molecule has 280 valence electrons. The fraction of sp³-hybridized carbons (Fsp3) is 0.371. The first kappa shape index (κ1) is 38.5. The van der Waals surface area contributed by atoms with E-state index < -0.39 is 79.7 Å². The molecule has 4 atom stereocenters. The largest absolute Gasteiger partial charge is 0.497 e. The SMILES string of the molecule is COc1ccc(C(OC[C@H]2O[C@@H](n3ccc(=O)[nH]c3=O)[C@@H](OCOCC(C(F)(F)F)C(F)(F)F)C2O)(c2ccccc2)c2ccc(OC)cc2)cc1. The van der Waals surface area contributed by atoms with Crippen molar-refractivity contribution < 1.29 is 59.9 Å². The van der Waals surface area contributed by atoms with Crippen LogP contribution in [0.1, 0.15) is 22.9 Å². The molecule has 0 bridgehead atoms. The molecule has 2 heterocycles. The van der Waals surface area contributed by atoms with E-state index in [0.29, 0.717) is 28.2 Å². The molecule has 0 spiro atoms. The molecule has 3 aromatic carbocycles. The quantitative estimate of drug-likeness (QED) is 0.0801. The molecule has 1 aromatic heterocycles. The number of rotatable bonds is 14. The Kier molecular flexibility index (Phi) is 11.8. The van der Waals surface area contributed by atoms with Gasteiger partial charge in [0.2, 0.25) is 0 Å². The summed E-state index contributed by atoms with van der Waals surface area (Å²) in [4.78, 5) is 26.6. The molecule has 0 aliphatic carbocycles. The van der Waals surface area contributed by atoms with Crippen molar-refractivity contribution in [2.45, 2.75) is 42.5 Å². The van der Waals surface area contributed by atoms with Crippen LogP contribution in [0.15, 0.2) is 101 Å². The van der Waals surface area contributed by atoms with E-state index in [4.69, 9.17) is 23.7 Å². The number of nitrogens with one attached hydrogen (secondary N) is 1. The number of aliphatic hydroxyl groups excluding tert-OH is 1. The highest BCUT2D eigenvalue weighted by atomic mass is 19.4. The second-order valence-electron chi connectivity index (χ2n) is 11.6. The Balaban J connectivity index is 1.48. The predicted octanol–water partition coefficient (Wildman–Crippen LogP) is 4.92. The zero-order valence-corrected chi connectivity index (χ0v) is 27.6. The molecular weight excluding hydrogens is 706 g/mol. The number of halogens is 6. The van der Waals surface area contributed by atoms with Crippen LogP contribution in [-0.4, -0.2) is 79.5 Å². The van der Waals surface area contributed by atoms with Crippen molar-refractivity contribution >= 4 is 0 Å². The van der Waals surface area contributed by atoms with Gasteiger partial charge in [0.25, 0.3) is 5.56 Å². The molecule has 11 nitrogen and oxygen atoms in total. The lowest BCUT2D eigenvalue weighted by molar-refractivity contribution is -0.299. The van der Waals surface area contributed by atoms with Crippen molar-refractivity contribution in [1.29, 1.82) is 0 Å². The Labute approximate surface area is 292 Å². The molecule has 1 fully saturated rings. The molecule has 1 aliphatic rings. The van der Waals surface area contributed by atoms with Gasteiger partial charge in [0.15, 0.2) is 12.1 Å². The van der Waals surface area contributed by atoms with E-state index in [9.17, 15) is 41.0 Å². The molecule has 1 aliphatic heterocycles. The van der Waals surface area contributed by atoms with Crippen LogP contribution < -0.4 is 20.7 Å². The van der Waals surface area contributed by atoms with Gasteiger partial charge in [0.1, 0.15) is 42.2 Å². The van der Waals surface area contributed by atoms with Gasteiger partial charge >= 0.3 is 18.0 Å². The summed E-state index contributed by atoms with van der Waals surface area (Å²) in [5, 5.41) is 11.5. The van der Waals surface area contributed by atoms with E-state index in [-0.39, 0.29) is 0 Å². The molecule has 2 N–H and O–H groups in total. The van der Waals surface area contributed by atoms with Crippen molar-refractivity contribution in [3.05, 3.63) is 129 Å². The monoisotopic (exact) mass is 740 g/mol. The number of H-pyrrole nitrogens is 1. The minimum absolute atomic E-state index is 0.409. The molecule has 1 unspecified atom stereocenters. The molecule has 0 saturated carbocycles. The van der Waals surface area contributed by atoms with E-state index in [0.717, 1.165) is 16.8 Å². The van der Waals surface area contributed by atoms with E-state index in [1.165, 1.54) is 14.2 Å². The summed E-state index contributed by atoms with van der Waals surface area (Å²) in [6.45, 7) is -3.38. The van der Waals surface area contributed by atoms with Crippen molar-refractivity contribution in [2.24, 2.45) is 5.92 Å². The molecule has 17 heteroatoms. The normalized spacial score (nSPS) is 19.6. The lowest BCUT2D eigenvalue weighted by Gasteiger charge is -2.37. The van der Waals surface area contributed by atoms with Gasteiger partial charge < -0.3 is 33.5 Å². The summed E-state index contributed by atoms with van der Waals surface area (Å²) in [5.74, 6) is -2.68. The first-order chi connectivity index (χ1) is 24.7. The summed E-state index contributed by atoms with van der Waals surface area (Å²) in [7, 11) is 3.02. The summed E-state index contributed by atoms with van der Waals surface area (Å²) in [5.41, 5.74) is -1.26. The van der Waals surface area contributed by atoms with Crippen LogP contribution in [0.25, 0.3) is 0 Å². The second-order valence-corrected chi connectivity index (χ2v) is 11.6. The summed E-state index contributed by atoms with van der Waals surface area (Å²) >= 11 is 0. The molecule has 0 amide bonds. The van der Waals surface area contributed by atoms with Crippen LogP contribution >= 0.6 is 0 Å². The van der Waals surface area contributed by atoms with Crippen LogP contribution in [0.5, 0.6) is 11.5 Å². The van der Waals surface area contributed by atoms with Crippen LogP contribution in [0.3, 0.4) is 0 Å². The minimum Gasteiger partial charge on any atom is -0.497 e. The minimum atomic E-state index is -5.65. The standard InChI is InChI=1S/C35H34F6N2O9/c1-47-24-12-8-22(9-13-24)33(21-6-4-3-5-7-21,23-10-14-25(48-2)15-11-23)51-18-26-29(45)30(31(52-26)43-17-16-28(44)42-32(43)46)50-20-49-19-27(34(36,37)38)35(39,40)41/h3-17,26-27,29-31,45H,18-20H2,1-2H3,(H,42,44,46)/t26-,29?,30+,31-/m1/s1. The lowest BCUT2D eigenvalue weighted by atomic mass is 9.80. The number of alkyl halides is 6. The third-order valence-electron chi connectivity index (χ3n) is 8.49. The van der Waals surface area contributed by atoms with Crippen LogP contribution in [-0.2, 0) is 24.5 Å². The fourth-order valence-electron chi connectivity index (χ4n) is 5.84. The number of hydrogen-bond donors (Lipinski definition) is 2. The molecule has 1 saturated heterocycles. The van der Waals surface area contributed by atoms with E-state index >= 15 is 0 Å². The smallest absolute Gasteiger partial charge is 0.402 e. The van der Waals surface area contributed by atoms with Gasteiger partial charge in [-0.05, 0) is 41.0 Å². The Bertz CT molecular complexity index is 1800. The number of aromatic amines is 1. The zero-order chi connectivity index (χ0) is 37.7. The van der Waals surface area contributed by atoms with Crippen molar-refractivity contribution in [2.75, 3.05) is 34.2 Å². The first-order valence-corrected chi connectivity index (χ1v) is 15.7. The van der Waals surface area contributed by atoms with Gasteiger partial charge in [-0.3, -0.25) is 14.3 Å². The number of hydrogen-bond acceptors (Lipinski definition) is 9. The maximum Gasteiger partial charge on any atom is 0.402 e. The zero-order valence-electron chi connectivity index (χ0n) is 27.6. The number of benzene rings is 3. The summed E-state index contributed by atoms with van der Waals surface area (Å²) in [6.07, 6.45) is -16.4. The van der Waals surface area contributed by atoms with Gasteiger partial charge in [-0.15, -0.1) is 0 Å². The highest BCUT2D eigenvalue weighted by molar-refractivity contribution is 5.49. The topological polar surface area (TPSA) is 130 Å². The average molecular weight is 741 g/mol. The Hall–Kier alpha value is -4.68. The molecule has 5 rings (SSSR count). The summed E-state index contributed by atoms with van der Waals surface area (Å²) < 4.78 is 113. The first-order valence-electron chi connectivity index (χ1n) is 15.7. The number of nitrogens with zero attached hydrogens (tertiary/aromatic N) is 1. The van der Waals surface area contributed by atoms with E-state index in [1.807, 2.05) is 23.2 Å². The van der Waals surface area contributed by atoms with Crippen molar-refractivity contribution in [1.82, 2.24) is 9.55 Å².